The molecule has 1 aromatic rings. The molecule has 3 heteroatoms. The maximum Gasteiger partial charge on any atom is 0.0409 e. The highest BCUT2D eigenvalue weighted by atomic mass is 35.5. The van der Waals surface area contributed by atoms with Crippen molar-refractivity contribution in [3.05, 3.63) is 34.9 Å². The number of hydrogen-bond acceptors (Lipinski definition) is 1. The number of halogens is 2. The van der Waals surface area contributed by atoms with E-state index in [2.05, 4.69) is 18.3 Å². The maximum absolute atomic E-state index is 5.92. The van der Waals surface area contributed by atoms with E-state index in [-0.39, 0.29) is 12.4 Å². The zero-order valence-corrected chi connectivity index (χ0v) is 11.2. The van der Waals surface area contributed by atoms with Gasteiger partial charge in [0.1, 0.15) is 0 Å². The van der Waals surface area contributed by atoms with E-state index in [0.29, 0.717) is 5.41 Å². The van der Waals surface area contributed by atoms with Crippen LogP contribution in [0.1, 0.15) is 31.7 Å². The summed E-state index contributed by atoms with van der Waals surface area (Å²) >= 11 is 5.92. The van der Waals surface area contributed by atoms with Crippen LogP contribution < -0.4 is 5.32 Å². The minimum atomic E-state index is 0. The van der Waals surface area contributed by atoms with Crippen molar-refractivity contribution in [2.24, 2.45) is 5.41 Å². The molecule has 1 aliphatic carbocycles. The lowest BCUT2D eigenvalue weighted by Crippen LogP contribution is -2.36. The quantitative estimate of drug-likeness (QED) is 0.861. The summed E-state index contributed by atoms with van der Waals surface area (Å²) in [6.45, 7) is 4.41. The van der Waals surface area contributed by atoms with Crippen LogP contribution in [0.25, 0.3) is 0 Å². The molecule has 2 rings (SSSR count). The fourth-order valence-corrected chi connectivity index (χ4v) is 2.33. The Kier molecular flexibility index (Phi) is 5.10. The zero-order chi connectivity index (χ0) is 10.7. The van der Waals surface area contributed by atoms with E-state index in [4.69, 9.17) is 11.6 Å². The molecule has 0 spiro atoms. The first kappa shape index (κ1) is 13.8. The molecule has 0 saturated heterocycles. The highest BCUT2D eigenvalue weighted by Gasteiger charge is 2.30. The van der Waals surface area contributed by atoms with Crippen LogP contribution in [0, 0.1) is 5.41 Å². The molecule has 1 aliphatic rings. The smallest absolute Gasteiger partial charge is 0.0409 e. The van der Waals surface area contributed by atoms with Crippen LogP contribution in [0.3, 0.4) is 0 Å². The molecule has 0 bridgehead atoms. The Bertz CT molecular complexity index is 334. The summed E-state index contributed by atoms with van der Waals surface area (Å²) in [7, 11) is 0. The van der Waals surface area contributed by atoms with Crippen molar-refractivity contribution in [2.45, 2.75) is 32.7 Å². The molecule has 0 radical (unpaired) electrons. The van der Waals surface area contributed by atoms with Crippen molar-refractivity contribution in [2.75, 3.05) is 6.54 Å². The van der Waals surface area contributed by atoms with E-state index in [9.17, 15) is 0 Å². The van der Waals surface area contributed by atoms with Crippen LogP contribution >= 0.6 is 24.0 Å². The van der Waals surface area contributed by atoms with Gasteiger partial charge < -0.3 is 5.32 Å². The average molecular weight is 260 g/mol. The second kappa shape index (κ2) is 5.90. The van der Waals surface area contributed by atoms with Gasteiger partial charge >= 0.3 is 0 Å². The van der Waals surface area contributed by atoms with E-state index >= 15 is 0 Å². The molecule has 1 fully saturated rings. The Morgan fingerprint density at radius 1 is 1.38 bits per heavy atom. The van der Waals surface area contributed by atoms with Crippen LogP contribution in [-0.2, 0) is 6.54 Å². The topological polar surface area (TPSA) is 12.0 Å². The molecule has 0 amide bonds. The van der Waals surface area contributed by atoms with Crippen LogP contribution in [0.5, 0.6) is 0 Å². The molecular weight excluding hydrogens is 241 g/mol. The number of hydrogen-bond donors (Lipinski definition) is 1. The molecule has 1 aromatic carbocycles. The van der Waals surface area contributed by atoms with Crippen molar-refractivity contribution in [1.29, 1.82) is 0 Å². The van der Waals surface area contributed by atoms with Gasteiger partial charge in [0, 0.05) is 18.1 Å². The molecule has 90 valence electrons. The second-order valence-corrected chi connectivity index (χ2v) is 5.33. The van der Waals surface area contributed by atoms with Gasteiger partial charge in [-0.3, -0.25) is 0 Å². The molecule has 1 nitrogen and oxygen atoms in total. The van der Waals surface area contributed by atoms with Gasteiger partial charge in [0.25, 0.3) is 0 Å². The van der Waals surface area contributed by atoms with Gasteiger partial charge in [0.15, 0.2) is 0 Å². The lowest BCUT2D eigenvalue weighted by molar-refractivity contribution is 0.156. The van der Waals surface area contributed by atoms with Crippen molar-refractivity contribution in [3.8, 4) is 0 Å². The summed E-state index contributed by atoms with van der Waals surface area (Å²) in [6.07, 6.45) is 4.14. The molecule has 0 unspecified atom stereocenters. The van der Waals surface area contributed by atoms with E-state index in [1.54, 1.807) is 0 Å². The highest BCUT2D eigenvalue weighted by Crippen LogP contribution is 2.39. The van der Waals surface area contributed by atoms with Crippen molar-refractivity contribution < 1.29 is 0 Å². The van der Waals surface area contributed by atoms with Gasteiger partial charge in [0.2, 0.25) is 0 Å². The zero-order valence-electron chi connectivity index (χ0n) is 9.63. The lowest BCUT2D eigenvalue weighted by Gasteiger charge is -2.38. The normalized spacial score (nSPS) is 17.4. The lowest BCUT2D eigenvalue weighted by atomic mass is 9.70. The third-order valence-corrected chi connectivity index (χ3v) is 3.57. The Morgan fingerprint density at radius 2 is 2.12 bits per heavy atom. The van der Waals surface area contributed by atoms with Gasteiger partial charge in [-0.25, -0.2) is 0 Å². The first-order valence-corrected chi connectivity index (χ1v) is 6.01. The molecule has 0 atom stereocenters. The van der Waals surface area contributed by atoms with Gasteiger partial charge in [-0.05, 0) is 36.0 Å². The standard InChI is InChI=1S/C13H18ClN.ClH/c1-13(6-3-7-13)10-15-9-11-4-2-5-12(14)8-11;/h2,4-5,8,15H,3,6-7,9-10H2,1H3;1H. The number of nitrogens with one attached hydrogen (secondary N) is 1. The Hall–Kier alpha value is -0.240. The first-order valence-electron chi connectivity index (χ1n) is 5.63. The van der Waals surface area contributed by atoms with Crippen LogP contribution in [0.15, 0.2) is 24.3 Å². The third-order valence-electron chi connectivity index (χ3n) is 3.33. The third kappa shape index (κ3) is 3.65. The van der Waals surface area contributed by atoms with Gasteiger partial charge in [-0.2, -0.15) is 0 Å². The van der Waals surface area contributed by atoms with Crippen molar-refractivity contribution in [3.63, 3.8) is 0 Å². The molecule has 0 aromatic heterocycles. The van der Waals surface area contributed by atoms with Gasteiger partial charge in [-0.15, -0.1) is 12.4 Å². The second-order valence-electron chi connectivity index (χ2n) is 4.90. The molecule has 16 heavy (non-hydrogen) atoms. The fourth-order valence-electron chi connectivity index (χ4n) is 2.11. The molecular formula is C13H19Cl2N. The fraction of sp³-hybridized carbons (Fsp3) is 0.538. The van der Waals surface area contributed by atoms with E-state index in [0.717, 1.165) is 18.1 Å². The van der Waals surface area contributed by atoms with Crippen LogP contribution in [0.4, 0.5) is 0 Å². The van der Waals surface area contributed by atoms with Crippen molar-refractivity contribution >= 4 is 24.0 Å². The van der Waals surface area contributed by atoms with Crippen molar-refractivity contribution in [1.82, 2.24) is 5.32 Å². The van der Waals surface area contributed by atoms with Gasteiger partial charge in [0.05, 0.1) is 0 Å². The number of benzene rings is 1. The summed E-state index contributed by atoms with van der Waals surface area (Å²) in [6, 6.07) is 8.06. The minimum absolute atomic E-state index is 0. The van der Waals surface area contributed by atoms with E-state index < -0.39 is 0 Å². The summed E-state index contributed by atoms with van der Waals surface area (Å²) in [5.74, 6) is 0. The van der Waals surface area contributed by atoms with E-state index in [1.807, 2.05) is 18.2 Å². The molecule has 1 N–H and O–H groups in total. The monoisotopic (exact) mass is 259 g/mol. The number of rotatable bonds is 4. The predicted octanol–water partition coefficient (Wildman–Crippen LogP) is 4.04. The average Bonchev–Trinajstić information content (AvgIpc) is 2.15. The summed E-state index contributed by atoms with van der Waals surface area (Å²) < 4.78 is 0. The predicted molar refractivity (Wildman–Crippen MR) is 72.4 cm³/mol. The van der Waals surface area contributed by atoms with Crippen LogP contribution in [0.2, 0.25) is 5.02 Å². The molecule has 0 heterocycles. The maximum atomic E-state index is 5.92. The summed E-state index contributed by atoms with van der Waals surface area (Å²) in [4.78, 5) is 0. The van der Waals surface area contributed by atoms with E-state index in [1.165, 1.54) is 24.8 Å². The molecule has 1 saturated carbocycles. The minimum Gasteiger partial charge on any atom is -0.312 e. The SMILES string of the molecule is CC1(CNCc2cccc(Cl)c2)CCC1.Cl. The van der Waals surface area contributed by atoms with Crippen LogP contribution in [-0.4, -0.2) is 6.54 Å². The highest BCUT2D eigenvalue weighted by molar-refractivity contribution is 6.30. The first-order chi connectivity index (χ1) is 7.18. The Labute approximate surface area is 109 Å². The Morgan fingerprint density at radius 3 is 2.69 bits per heavy atom. The van der Waals surface area contributed by atoms with Gasteiger partial charge in [-0.1, -0.05) is 37.1 Å². The Balaban J connectivity index is 0.00000128. The summed E-state index contributed by atoms with van der Waals surface area (Å²) in [5.41, 5.74) is 1.82. The molecule has 0 aliphatic heterocycles. The largest absolute Gasteiger partial charge is 0.312 e. The summed E-state index contributed by atoms with van der Waals surface area (Å²) in [5, 5.41) is 4.34.